The lowest BCUT2D eigenvalue weighted by molar-refractivity contribution is -0.157. The smallest absolute Gasteiger partial charge is 0.326 e. The Labute approximate surface area is 98.2 Å². The Kier molecular flexibility index (Phi) is 4.99. The predicted molar refractivity (Wildman–Crippen MR) is 55.8 cm³/mol. The zero-order valence-corrected chi connectivity index (χ0v) is 9.62. The van der Waals surface area contributed by atoms with E-state index in [-0.39, 0.29) is 18.9 Å². The number of hydrogen-bond acceptors (Lipinski definition) is 7. The monoisotopic (exact) mass is 239 g/mol. The average molecular weight is 239 g/mol. The van der Waals surface area contributed by atoms with Crippen molar-refractivity contribution in [3.63, 3.8) is 0 Å². The molecule has 0 atom stereocenters. The lowest BCUT2D eigenvalue weighted by Crippen LogP contribution is -2.27. The number of hydrogen-bond donors (Lipinski definition) is 0. The Bertz CT molecular complexity index is 364. The number of carbonyl (C=O) groups excluding carboxylic acids is 2. The van der Waals surface area contributed by atoms with Crippen molar-refractivity contribution in [3.8, 4) is 0 Å². The van der Waals surface area contributed by atoms with E-state index in [0.717, 1.165) is 0 Å². The second kappa shape index (κ2) is 6.51. The minimum Gasteiger partial charge on any atom is -0.465 e. The molecule has 0 radical (unpaired) electrons. The molecule has 1 aromatic heterocycles. The van der Waals surface area contributed by atoms with Gasteiger partial charge in [-0.1, -0.05) is 0 Å². The molecule has 92 valence electrons. The molecule has 17 heavy (non-hydrogen) atoms. The zero-order valence-electron chi connectivity index (χ0n) is 9.62. The Morgan fingerprint density at radius 2 is 1.82 bits per heavy atom. The molecule has 7 heteroatoms. The molecule has 1 rings (SSSR count). The van der Waals surface area contributed by atoms with Crippen LogP contribution in [0.1, 0.15) is 25.5 Å². The molecule has 0 aliphatic carbocycles. The third-order valence-electron chi connectivity index (χ3n) is 1.84. The number of ether oxygens (including phenoxy) is 2. The molecular weight excluding hydrogens is 226 g/mol. The Balaban J connectivity index is 2.94. The maximum absolute atomic E-state index is 11.6. The number of nitrogens with zero attached hydrogens (tertiary/aromatic N) is 3. The maximum atomic E-state index is 11.6. The summed E-state index contributed by atoms with van der Waals surface area (Å²) in [6.45, 7) is 3.63. The minimum absolute atomic E-state index is 0.115. The fourth-order valence-electron chi connectivity index (χ4n) is 1.18. The highest BCUT2D eigenvalue weighted by molar-refractivity contribution is 6.00. The first-order chi connectivity index (χ1) is 8.20. The molecule has 0 fully saturated rings. The van der Waals surface area contributed by atoms with Gasteiger partial charge >= 0.3 is 11.9 Å². The van der Waals surface area contributed by atoms with Crippen LogP contribution in [0.4, 0.5) is 0 Å². The molecule has 0 aliphatic rings. The molecule has 0 amide bonds. The summed E-state index contributed by atoms with van der Waals surface area (Å²) in [6.07, 6.45) is 2.49. The van der Waals surface area contributed by atoms with Crippen molar-refractivity contribution in [2.75, 3.05) is 13.2 Å². The molecule has 0 aliphatic heterocycles. The lowest BCUT2D eigenvalue weighted by Gasteiger charge is -2.12. The molecule has 0 aromatic carbocycles. The van der Waals surface area contributed by atoms with Crippen LogP contribution in [0.3, 0.4) is 0 Å². The van der Waals surface area contributed by atoms with Crippen LogP contribution in [-0.2, 0) is 19.1 Å². The van der Waals surface area contributed by atoms with Gasteiger partial charge in [0.05, 0.1) is 19.4 Å². The van der Waals surface area contributed by atoms with E-state index in [1.165, 1.54) is 12.5 Å². The summed E-state index contributed by atoms with van der Waals surface area (Å²) >= 11 is 0. The Morgan fingerprint density at radius 3 is 2.24 bits per heavy atom. The first-order valence-electron chi connectivity index (χ1n) is 5.16. The molecule has 0 unspecified atom stereocenters. The van der Waals surface area contributed by atoms with Gasteiger partial charge in [0.15, 0.2) is 5.92 Å². The summed E-state index contributed by atoms with van der Waals surface area (Å²) in [5.41, 5.74) is 0.115. The summed E-state index contributed by atoms with van der Waals surface area (Å²) in [5, 5.41) is 7.19. The van der Waals surface area contributed by atoms with Gasteiger partial charge in [0.2, 0.25) is 0 Å². The van der Waals surface area contributed by atoms with E-state index in [2.05, 4.69) is 15.2 Å². The highest BCUT2D eigenvalue weighted by atomic mass is 16.6. The van der Waals surface area contributed by atoms with Gasteiger partial charge in [-0.2, -0.15) is 5.10 Å². The number of carbonyl (C=O) groups is 2. The predicted octanol–water partition coefficient (Wildman–Crippen LogP) is 0.0814. The fraction of sp³-hybridized carbons (Fsp3) is 0.500. The van der Waals surface area contributed by atoms with E-state index in [4.69, 9.17) is 9.47 Å². The first kappa shape index (κ1) is 13.0. The number of aromatic nitrogens is 3. The van der Waals surface area contributed by atoms with Crippen LogP contribution < -0.4 is 0 Å². The standard InChI is InChI=1S/C10H13N3O4/c1-3-16-9(14)8(10(15)17-4-2)7-5-11-6-12-13-7/h5-6,8H,3-4H2,1-2H3. The van der Waals surface area contributed by atoms with Gasteiger partial charge < -0.3 is 9.47 Å². The average Bonchev–Trinajstić information content (AvgIpc) is 2.31. The van der Waals surface area contributed by atoms with Crippen molar-refractivity contribution in [2.24, 2.45) is 0 Å². The van der Waals surface area contributed by atoms with E-state index in [9.17, 15) is 9.59 Å². The van der Waals surface area contributed by atoms with Crippen molar-refractivity contribution in [3.05, 3.63) is 18.2 Å². The van der Waals surface area contributed by atoms with Crippen LogP contribution in [0.25, 0.3) is 0 Å². The molecule has 7 nitrogen and oxygen atoms in total. The molecule has 0 spiro atoms. The third kappa shape index (κ3) is 3.47. The van der Waals surface area contributed by atoms with E-state index in [1.807, 2.05) is 0 Å². The second-order valence-electron chi connectivity index (χ2n) is 2.97. The Hall–Kier alpha value is -2.05. The largest absolute Gasteiger partial charge is 0.465 e. The molecule has 1 aromatic rings. The normalized spacial score (nSPS) is 10.1. The van der Waals surface area contributed by atoms with Crippen LogP contribution in [-0.4, -0.2) is 40.3 Å². The first-order valence-corrected chi connectivity index (χ1v) is 5.16. The van der Waals surface area contributed by atoms with Gasteiger partial charge in [-0.05, 0) is 13.8 Å². The van der Waals surface area contributed by atoms with Crippen LogP contribution >= 0.6 is 0 Å². The summed E-state index contributed by atoms with van der Waals surface area (Å²) in [4.78, 5) is 27.0. The van der Waals surface area contributed by atoms with E-state index in [1.54, 1.807) is 13.8 Å². The molecule has 0 saturated carbocycles. The highest BCUT2D eigenvalue weighted by Gasteiger charge is 2.33. The van der Waals surface area contributed by atoms with Crippen LogP contribution in [0.15, 0.2) is 12.5 Å². The summed E-state index contributed by atoms with van der Waals surface area (Å²) in [6, 6.07) is 0. The van der Waals surface area contributed by atoms with Gasteiger partial charge in [0.25, 0.3) is 0 Å². The second-order valence-corrected chi connectivity index (χ2v) is 2.97. The van der Waals surface area contributed by atoms with Crippen molar-refractivity contribution in [2.45, 2.75) is 19.8 Å². The maximum Gasteiger partial charge on any atom is 0.326 e. The SMILES string of the molecule is CCOC(=O)C(C(=O)OCC)c1cncnn1. The molecule has 1 heterocycles. The summed E-state index contributed by atoms with van der Waals surface area (Å²) < 4.78 is 9.58. The Morgan fingerprint density at radius 1 is 1.24 bits per heavy atom. The van der Waals surface area contributed by atoms with Gasteiger partial charge in [0.1, 0.15) is 12.0 Å². The van der Waals surface area contributed by atoms with Crippen molar-refractivity contribution < 1.29 is 19.1 Å². The highest BCUT2D eigenvalue weighted by Crippen LogP contribution is 2.15. The van der Waals surface area contributed by atoms with Crippen LogP contribution in [0, 0.1) is 0 Å². The van der Waals surface area contributed by atoms with Crippen molar-refractivity contribution >= 4 is 11.9 Å². The van der Waals surface area contributed by atoms with Gasteiger partial charge in [-0.3, -0.25) is 9.59 Å². The topological polar surface area (TPSA) is 91.3 Å². The molecule has 0 N–H and O–H groups in total. The van der Waals surface area contributed by atoms with Crippen LogP contribution in [0.5, 0.6) is 0 Å². The van der Waals surface area contributed by atoms with Crippen molar-refractivity contribution in [1.82, 2.24) is 15.2 Å². The fourth-order valence-corrected chi connectivity index (χ4v) is 1.18. The van der Waals surface area contributed by atoms with E-state index < -0.39 is 17.9 Å². The van der Waals surface area contributed by atoms with Crippen molar-refractivity contribution in [1.29, 1.82) is 0 Å². The van der Waals surface area contributed by atoms with E-state index >= 15 is 0 Å². The van der Waals surface area contributed by atoms with Gasteiger partial charge in [0, 0.05) is 0 Å². The minimum atomic E-state index is -1.23. The molecule has 0 saturated heterocycles. The lowest BCUT2D eigenvalue weighted by atomic mass is 10.1. The summed E-state index contributed by atoms with van der Waals surface area (Å²) in [7, 11) is 0. The van der Waals surface area contributed by atoms with Gasteiger partial charge in [-0.25, -0.2) is 4.98 Å². The number of esters is 2. The zero-order chi connectivity index (χ0) is 12.7. The summed E-state index contributed by atoms with van der Waals surface area (Å²) in [5.74, 6) is -2.65. The number of rotatable bonds is 5. The van der Waals surface area contributed by atoms with E-state index in [0.29, 0.717) is 0 Å². The quantitative estimate of drug-likeness (QED) is 0.530. The van der Waals surface area contributed by atoms with Gasteiger partial charge in [-0.15, -0.1) is 5.10 Å². The molecule has 0 bridgehead atoms. The van der Waals surface area contributed by atoms with Crippen LogP contribution in [0.2, 0.25) is 0 Å². The molecular formula is C10H13N3O4. The third-order valence-corrected chi connectivity index (χ3v) is 1.84.